The second kappa shape index (κ2) is 4.98. The zero-order chi connectivity index (χ0) is 13.2. The molecule has 0 bridgehead atoms. The lowest BCUT2D eigenvalue weighted by Crippen LogP contribution is -2.02. The van der Waals surface area contributed by atoms with Gasteiger partial charge in [-0.3, -0.25) is 9.25 Å². The van der Waals surface area contributed by atoms with E-state index in [0.717, 1.165) is 4.90 Å². The second-order valence-electron chi connectivity index (χ2n) is 3.61. The molecule has 9 heteroatoms. The van der Waals surface area contributed by atoms with Crippen LogP contribution in [-0.4, -0.2) is 34.3 Å². The predicted octanol–water partition coefficient (Wildman–Crippen LogP) is 1.60. The van der Waals surface area contributed by atoms with Gasteiger partial charge in [-0.1, -0.05) is 0 Å². The van der Waals surface area contributed by atoms with Crippen LogP contribution in [0.25, 0.3) is 5.95 Å². The van der Waals surface area contributed by atoms with E-state index in [1.54, 1.807) is 34.2 Å². The minimum atomic E-state index is 0.144. The van der Waals surface area contributed by atoms with Gasteiger partial charge in [0.1, 0.15) is 6.33 Å². The van der Waals surface area contributed by atoms with Crippen molar-refractivity contribution in [1.29, 1.82) is 0 Å². The van der Waals surface area contributed by atoms with Crippen LogP contribution in [0.15, 0.2) is 41.2 Å². The molecule has 0 aliphatic carbocycles. The Balaban J connectivity index is 1.94. The monoisotopic (exact) mass is 293 g/mol. The van der Waals surface area contributed by atoms with Crippen molar-refractivity contribution in [3.63, 3.8) is 0 Å². The molecule has 0 amide bonds. The Kier molecular flexibility index (Phi) is 3.18. The van der Waals surface area contributed by atoms with E-state index in [2.05, 4.69) is 25.0 Å². The number of hydrogen-bond acceptors (Lipinski definition) is 6. The van der Waals surface area contributed by atoms with Gasteiger partial charge in [0.15, 0.2) is 5.16 Å². The maximum atomic E-state index is 5.91. The maximum Gasteiger partial charge on any atom is 0.240 e. The molecule has 0 atom stereocenters. The lowest BCUT2D eigenvalue weighted by molar-refractivity contribution is 0.766. The molecule has 0 aliphatic heterocycles. The standard InChI is InChI=1S/C10H8ClN7S/c1-17-5-7(4-13-17)19-10-15-8(11)14-9(16-10)18-3-2-12-6-18/h2-6H,1H3. The topological polar surface area (TPSA) is 74.3 Å². The zero-order valence-corrected chi connectivity index (χ0v) is 11.4. The Bertz CT molecular complexity index is 694. The van der Waals surface area contributed by atoms with Gasteiger partial charge in [0.2, 0.25) is 11.2 Å². The van der Waals surface area contributed by atoms with E-state index in [0.29, 0.717) is 11.1 Å². The molecule has 0 saturated carbocycles. The highest BCUT2D eigenvalue weighted by molar-refractivity contribution is 7.99. The highest BCUT2D eigenvalue weighted by atomic mass is 35.5. The third-order valence-electron chi connectivity index (χ3n) is 2.20. The molecule has 0 fully saturated rings. The third-order valence-corrected chi connectivity index (χ3v) is 3.18. The van der Waals surface area contributed by atoms with Crippen molar-refractivity contribution in [2.45, 2.75) is 10.1 Å². The normalized spacial score (nSPS) is 10.8. The summed E-state index contributed by atoms with van der Waals surface area (Å²) >= 11 is 7.28. The van der Waals surface area contributed by atoms with Crippen LogP contribution in [-0.2, 0) is 7.05 Å². The summed E-state index contributed by atoms with van der Waals surface area (Å²) in [6.45, 7) is 0. The van der Waals surface area contributed by atoms with E-state index in [1.165, 1.54) is 11.8 Å². The van der Waals surface area contributed by atoms with Crippen LogP contribution in [0.3, 0.4) is 0 Å². The van der Waals surface area contributed by atoms with Crippen molar-refractivity contribution in [1.82, 2.24) is 34.3 Å². The molecule has 0 aliphatic rings. The average molecular weight is 294 g/mol. The summed E-state index contributed by atoms with van der Waals surface area (Å²) in [5.41, 5.74) is 0. The minimum absolute atomic E-state index is 0.144. The van der Waals surface area contributed by atoms with Crippen LogP contribution in [0.2, 0.25) is 5.28 Å². The van der Waals surface area contributed by atoms with Gasteiger partial charge in [0.05, 0.1) is 11.1 Å². The number of halogens is 1. The predicted molar refractivity (Wildman–Crippen MR) is 69.3 cm³/mol. The van der Waals surface area contributed by atoms with E-state index in [4.69, 9.17) is 11.6 Å². The van der Waals surface area contributed by atoms with E-state index in [1.807, 2.05) is 13.2 Å². The number of rotatable bonds is 3. The van der Waals surface area contributed by atoms with E-state index >= 15 is 0 Å². The van der Waals surface area contributed by atoms with Crippen molar-refractivity contribution >= 4 is 23.4 Å². The van der Waals surface area contributed by atoms with Gasteiger partial charge < -0.3 is 0 Å². The first-order chi connectivity index (χ1) is 9.20. The van der Waals surface area contributed by atoms with Crippen molar-refractivity contribution in [3.05, 3.63) is 36.4 Å². The summed E-state index contributed by atoms with van der Waals surface area (Å²) in [5, 5.41) is 4.74. The van der Waals surface area contributed by atoms with Gasteiger partial charge in [0.25, 0.3) is 0 Å². The van der Waals surface area contributed by atoms with Crippen LogP contribution in [0, 0.1) is 0 Å². The molecule has 96 valence electrons. The zero-order valence-electron chi connectivity index (χ0n) is 9.80. The number of aromatic nitrogens is 7. The summed E-state index contributed by atoms with van der Waals surface area (Å²) in [6.07, 6.45) is 8.60. The largest absolute Gasteiger partial charge is 0.275 e. The molecule has 0 spiro atoms. The molecule has 0 unspecified atom stereocenters. The number of aryl methyl sites for hydroxylation is 1. The third kappa shape index (κ3) is 2.74. The molecular weight excluding hydrogens is 286 g/mol. The van der Waals surface area contributed by atoms with Crippen molar-refractivity contribution in [3.8, 4) is 5.95 Å². The van der Waals surface area contributed by atoms with Gasteiger partial charge >= 0.3 is 0 Å². The fourth-order valence-electron chi connectivity index (χ4n) is 1.42. The number of nitrogens with zero attached hydrogens (tertiary/aromatic N) is 7. The Morgan fingerprint density at radius 3 is 2.84 bits per heavy atom. The number of hydrogen-bond donors (Lipinski definition) is 0. The summed E-state index contributed by atoms with van der Waals surface area (Å²) < 4.78 is 3.38. The molecule has 0 saturated heterocycles. The first-order valence-corrected chi connectivity index (χ1v) is 6.46. The molecule has 3 aromatic rings. The Hall–Kier alpha value is -1.93. The minimum Gasteiger partial charge on any atom is -0.275 e. The highest BCUT2D eigenvalue weighted by Crippen LogP contribution is 2.24. The Morgan fingerprint density at radius 2 is 2.16 bits per heavy atom. The summed E-state index contributed by atoms with van der Waals surface area (Å²) in [7, 11) is 1.85. The lowest BCUT2D eigenvalue weighted by Gasteiger charge is -2.02. The van der Waals surface area contributed by atoms with Crippen LogP contribution >= 0.6 is 23.4 Å². The molecule has 7 nitrogen and oxygen atoms in total. The molecule has 0 radical (unpaired) electrons. The summed E-state index contributed by atoms with van der Waals surface area (Å²) in [5.74, 6) is 0.434. The second-order valence-corrected chi connectivity index (χ2v) is 4.99. The molecule has 19 heavy (non-hydrogen) atoms. The Labute approximate surface area is 117 Å². The van der Waals surface area contributed by atoms with Crippen LogP contribution < -0.4 is 0 Å². The molecule has 3 aromatic heterocycles. The van der Waals surface area contributed by atoms with Crippen LogP contribution in [0.4, 0.5) is 0 Å². The molecule has 0 N–H and O–H groups in total. The number of imidazole rings is 1. The van der Waals surface area contributed by atoms with Gasteiger partial charge in [0, 0.05) is 25.6 Å². The van der Waals surface area contributed by atoms with E-state index < -0.39 is 0 Å². The van der Waals surface area contributed by atoms with Crippen molar-refractivity contribution < 1.29 is 0 Å². The first kappa shape index (κ1) is 12.1. The Morgan fingerprint density at radius 1 is 1.26 bits per heavy atom. The van der Waals surface area contributed by atoms with Gasteiger partial charge in [-0.15, -0.1) is 0 Å². The first-order valence-electron chi connectivity index (χ1n) is 5.27. The van der Waals surface area contributed by atoms with Gasteiger partial charge in [-0.25, -0.2) is 4.98 Å². The molecular formula is C10H8ClN7S. The van der Waals surface area contributed by atoms with Crippen molar-refractivity contribution in [2.75, 3.05) is 0 Å². The van der Waals surface area contributed by atoms with E-state index in [9.17, 15) is 0 Å². The highest BCUT2D eigenvalue weighted by Gasteiger charge is 2.09. The van der Waals surface area contributed by atoms with Crippen molar-refractivity contribution in [2.24, 2.45) is 7.05 Å². The molecule has 3 heterocycles. The maximum absolute atomic E-state index is 5.91. The SMILES string of the molecule is Cn1cc(Sc2nc(Cl)nc(-n3ccnc3)n2)cn1. The lowest BCUT2D eigenvalue weighted by atomic mass is 10.7. The summed E-state index contributed by atoms with van der Waals surface area (Å²) in [6, 6.07) is 0. The fourth-order valence-corrected chi connectivity index (χ4v) is 2.40. The quantitative estimate of drug-likeness (QED) is 0.730. The molecule has 0 aromatic carbocycles. The van der Waals surface area contributed by atoms with Crippen LogP contribution in [0.1, 0.15) is 0 Å². The van der Waals surface area contributed by atoms with Gasteiger partial charge in [-0.2, -0.15) is 20.1 Å². The van der Waals surface area contributed by atoms with Crippen LogP contribution in [0.5, 0.6) is 0 Å². The fraction of sp³-hybridized carbons (Fsp3) is 0.100. The smallest absolute Gasteiger partial charge is 0.240 e. The average Bonchev–Trinajstić information content (AvgIpc) is 3.00. The molecule has 3 rings (SSSR count). The van der Waals surface area contributed by atoms with E-state index in [-0.39, 0.29) is 5.28 Å². The summed E-state index contributed by atoms with van der Waals surface area (Å²) in [4.78, 5) is 17.3. The van der Waals surface area contributed by atoms with Gasteiger partial charge in [-0.05, 0) is 23.4 Å².